The summed E-state index contributed by atoms with van der Waals surface area (Å²) in [5, 5.41) is 27.9. The summed E-state index contributed by atoms with van der Waals surface area (Å²) < 4.78 is 24.4. The second-order valence-electron chi connectivity index (χ2n) is 2.63. The van der Waals surface area contributed by atoms with Crippen LogP contribution in [0.1, 0.15) is 22.5 Å². The fraction of sp³-hybridized carbons (Fsp3) is 0.143. The molecule has 0 atom stereocenters. The van der Waals surface area contributed by atoms with Gasteiger partial charge in [0.1, 0.15) is 0 Å². The Morgan fingerprint density at radius 3 is 2.50 bits per heavy atom. The maximum Gasteiger partial charge on any atom is 0.378 e. The van der Waals surface area contributed by atoms with Crippen molar-refractivity contribution in [3.05, 3.63) is 27.4 Å². The van der Waals surface area contributed by atoms with E-state index in [-0.39, 0.29) is 0 Å². The lowest BCUT2D eigenvalue weighted by molar-refractivity contribution is -0.390. The van der Waals surface area contributed by atoms with Crippen molar-refractivity contribution < 1.29 is 28.7 Å². The van der Waals surface area contributed by atoms with Gasteiger partial charge in [0, 0.05) is 6.07 Å². The van der Waals surface area contributed by atoms with Crippen LogP contribution >= 0.6 is 0 Å². The van der Waals surface area contributed by atoms with E-state index >= 15 is 0 Å². The van der Waals surface area contributed by atoms with Crippen LogP contribution in [0.25, 0.3) is 0 Å². The maximum atomic E-state index is 12.2. The first kappa shape index (κ1) is 11.8. The molecule has 0 aliphatic heterocycles. The van der Waals surface area contributed by atoms with E-state index in [4.69, 9.17) is 10.2 Å². The average molecular weight is 234 g/mol. The van der Waals surface area contributed by atoms with E-state index in [2.05, 4.69) is 4.98 Å². The van der Waals surface area contributed by atoms with Gasteiger partial charge in [-0.25, -0.2) is 13.6 Å². The highest BCUT2D eigenvalue weighted by atomic mass is 19.3. The monoisotopic (exact) mass is 234 g/mol. The first-order valence-electron chi connectivity index (χ1n) is 3.74. The smallest absolute Gasteiger partial charge is 0.378 e. The van der Waals surface area contributed by atoms with Gasteiger partial charge in [0.2, 0.25) is 0 Å². The molecule has 16 heavy (non-hydrogen) atoms. The SMILES string of the molecule is O=C(O)c1cc(O)c(C(F)F)nc1[N+](=O)[O-]. The lowest BCUT2D eigenvalue weighted by atomic mass is 10.2. The van der Waals surface area contributed by atoms with Crippen molar-refractivity contribution in [3.63, 3.8) is 0 Å². The standard InChI is InChI=1S/C7H4F2N2O5/c8-5(9)4-3(12)1-2(7(13)14)6(10-4)11(15)16/h1,5,12H,(H,13,14). The highest BCUT2D eigenvalue weighted by Crippen LogP contribution is 2.30. The van der Waals surface area contributed by atoms with E-state index in [0.29, 0.717) is 6.07 Å². The lowest BCUT2D eigenvalue weighted by Gasteiger charge is -2.01. The number of aromatic hydroxyl groups is 1. The maximum absolute atomic E-state index is 12.2. The Kier molecular flexibility index (Phi) is 2.97. The molecule has 9 heteroatoms. The van der Waals surface area contributed by atoms with Gasteiger partial charge in [-0.1, -0.05) is 0 Å². The second-order valence-corrected chi connectivity index (χ2v) is 2.63. The Balaban J connectivity index is 3.49. The molecule has 0 radical (unpaired) electrons. The van der Waals surface area contributed by atoms with Crippen molar-refractivity contribution in [3.8, 4) is 5.75 Å². The first-order valence-corrected chi connectivity index (χ1v) is 3.74. The number of pyridine rings is 1. The number of aromatic carboxylic acids is 1. The van der Waals surface area contributed by atoms with E-state index in [9.17, 15) is 23.7 Å². The molecule has 1 aromatic rings. The third kappa shape index (κ3) is 2.02. The van der Waals surface area contributed by atoms with Crippen molar-refractivity contribution in [2.45, 2.75) is 6.43 Å². The van der Waals surface area contributed by atoms with E-state index in [0.717, 1.165) is 0 Å². The summed E-state index contributed by atoms with van der Waals surface area (Å²) in [6.45, 7) is 0. The minimum atomic E-state index is -3.23. The third-order valence-corrected chi connectivity index (χ3v) is 1.62. The van der Waals surface area contributed by atoms with Crippen LogP contribution in [0.15, 0.2) is 6.07 Å². The molecule has 1 heterocycles. The van der Waals surface area contributed by atoms with Gasteiger partial charge in [0.25, 0.3) is 5.69 Å². The molecule has 2 N–H and O–H groups in total. The Labute approximate surface area is 86.1 Å². The molecule has 7 nitrogen and oxygen atoms in total. The average Bonchev–Trinajstić information content (AvgIpc) is 2.15. The zero-order chi connectivity index (χ0) is 12.5. The molecule has 0 fully saturated rings. The van der Waals surface area contributed by atoms with Crippen LogP contribution in [-0.4, -0.2) is 26.1 Å². The van der Waals surface area contributed by atoms with Crippen LogP contribution in [-0.2, 0) is 0 Å². The quantitative estimate of drug-likeness (QED) is 0.602. The van der Waals surface area contributed by atoms with Crippen LogP contribution in [0.5, 0.6) is 5.75 Å². The first-order chi connectivity index (χ1) is 7.34. The number of carboxylic acid groups (broad SMARTS) is 1. The Bertz CT molecular complexity index is 462. The minimum Gasteiger partial charge on any atom is -0.504 e. The molecule has 0 aromatic carbocycles. The number of alkyl halides is 2. The molecule has 0 aliphatic rings. The van der Waals surface area contributed by atoms with Crippen LogP contribution in [0.2, 0.25) is 0 Å². The number of hydrogen-bond donors (Lipinski definition) is 2. The van der Waals surface area contributed by atoms with E-state index in [1.165, 1.54) is 0 Å². The van der Waals surface area contributed by atoms with E-state index < -0.39 is 40.1 Å². The van der Waals surface area contributed by atoms with Gasteiger partial charge in [-0.2, -0.15) is 0 Å². The summed E-state index contributed by atoms with van der Waals surface area (Å²) in [6.07, 6.45) is -3.23. The number of nitro groups is 1. The number of hydrogen-bond acceptors (Lipinski definition) is 5. The Morgan fingerprint density at radius 2 is 2.12 bits per heavy atom. The van der Waals surface area contributed by atoms with Gasteiger partial charge in [0.15, 0.2) is 11.3 Å². The van der Waals surface area contributed by atoms with Crippen molar-refractivity contribution >= 4 is 11.8 Å². The number of aromatic nitrogens is 1. The van der Waals surface area contributed by atoms with Crippen LogP contribution in [0, 0.1) is 10.1 Å². The summed E-state index contributed by atoms with van der Waals surface area (Å²) in [5.41, 5.74) is -2.18. The molecular formula is C7H4F2N2O5. The largest absolute Gasteiger partial charge is 0.504 e. The summed E-state index contributed by atoms with van der Waals surface area (Å²) in [6, 6.07) is 0.370. The normalized spacial score (nSPS) is 10.4. The number of halogens is 2. The van der Waals surface area contributed by atoms with Gasteiger partial charge in [-0.05, 0) is 9.91 Å². The minimum absolute atomic E-state index is 0.370. The zero-order valence-electron chi connectivity index (χ0n) is 7.42. The van der Waals surface area contributed by atoms with Crippen LogP contribution in [0.3, 0.4) is 0 Å². The predicted molar refractivity (Wildman–Crippen MR) is 44.5 cm³/mol. The van der Waals surface area contributed by atoms with Crippen molar-refractivity contribution in [2.24, 2.45) is 0 Å². The molecule has 0 unspecified atom stereocenters. The molecule has 0 saturated carbocycles. The molecule has 0 aliphatic carbocycles. The lowest BCUT2D eigenvalue weighted by Crippen LogP contribution is -2.07. The second kappa shape index (κ2) is 4.04. The number of carboxylic acids is 1. The summed E-state index contributed by atoms with van der Waals surface area (Å²) in [7, 11) is 0. The predicted octanol–water partition coefficient (Wildman–Crippen LogP) is 1.33. The number of rotatable bonds is 3. The van der Waals surface area contributed by atoms with Gasteiger partial charge in [0.05, 0.1) is 0 Å². The third-order valence-electron chi connectivity index (χ3n) is 1.62. The molecule has 1 aromatic heterocycles. The molecule has 1 rings (SSSR count). The molecule has 0 bridgehead atoms. The summed E-state index contributed by atoms with van der Waals surface area (Å²) in [5.74, 6) is -4.08. The molecule has 0 spiro atoms. The molecule has 0 amide bonds. The van der Waals surface area contributed by atoms with Gasteiger partial charge < -0.3 is 20.3 Å². The summed E-state index contributed by atoms with van der Waals surface area (Å²) >= 11 is 0. The Morgan fingerprint density at radius 1 is 1.56 bits per heavy atom. The van der Waals surface area contributed by atoms with Crippen LogP contribution in [0.4, 0.5) is 14.6 Å². The van der Waals surface area contributed by atoms with Crippen molar-refractivity contribution in [1.82, 2.24) is 4.98 Å². The zero-order valence-corrected chi connectivity index (χ0v) is 7.42. The fourth-order valence-corrected chi connectivity index (χ4v) is 0.964. The van der Waals surface area contributed by atoms with E-state index in [1.54, 1.807) is 0 Å². The Hall–Kier alpha value is -2.32. The van der Waals surface area contributed by atoms with Gasteiger partial charge in [-0.15, -0.1) is 0 Å². The van der Waals surface area contributed by atoms with E-state index in [1.807, 2.05) is 0 Å². The van der Waals surface area contributed by atoms with Gasteiger partial charge in [-0.3, -0.25) is 0 Å². The molecule has 0 saturated heterocycles. The van der Waals surface area contributed by atoms with Crippen LogP contribution < -0.4 is 0 Å². The fourth-order valence-electron chi connectivity index (χ4n) is 0.964. The number of nitrogens with zero attached hydrogens (tertiary/aromatic N) is 2. The van der Waals surface area contributed by atoms with Crippen molar-refractivity contribution in [2.75, 3.05) is 0 Å². The number of carbonyl (C=O) groups is 1. The molecule has 86 valence electrons. The highest BCUT2D eigenvalue weighted by Gasteiger charge is 2.30. The highest BCUT2D eigenvalue weighted by molar-refractivity contribution is 5.92. The summed E-state index contributed by atoms with van der Waals surface area (Å²) in [4.78, 5) is 22.5. The topological polar surface area (TPSA) is 114 Å². The van der Waals surface area contributed by atoms with Gasteiger partial charge >= 0.3 is 18.2 Å². The molecular weight excluding hydrogens is 230 g/mol. The van der Waals surface area contributed by atoms with Crippen molar-refractivity contribution in [1.29, 1.82) is 0 Å².